The summed E-state index contributed by atoms with van der Waals surface area (Å²) in [4.78, 5) is 11.9. The van der Waals surface area contributed by atoms with Crippen LogP contribution in [0.25, 0.3) is 0 Å². The number of rotatable bonds is 0. The maximum Gasteiger partial charge on any atom is 0.164 e. The Hall–Kier alpha value is -1.15. The van der Waals surface area contributed by atoms with Gasteiger partial charge in [-0.2, -0.15) is 0 Å². The van der Waals surface area contributed by atoms with Crippen LogP contribution in [0, 0.1) is 0 Å². The number of carbonyl (C=O) groups excluding carboxylic acids is 1. The van der Waals surface area contributed by atoms with E-state index < -0.39 is 0 Å². The molecular formula is C17H27NO. The SMILES string of the molecule is CC.CC.O=C1CC2(CCNCC2)c2ccccc21. The highest BCUT2D eigenvalue weighted by Gasteiger charge is 2.43. The molecule has 1 heterocycles. The zero-order valence-electron chi connectivity index (χ0n) is 12.8. The maximum absolute atomic E-state index is 11.9. The standard InChI is InChI=1S/C13H15NO.2C2H6/c15-12-9-13(5-7-14-8-6-13)11-4-2-1-3-10(11)12;2*1-2/h1-4,14H,5-9H2;2*1-2H3. The molecule has 0 atom stereocenters. The van der Waals surface area contributed by atoms with Gasteiger partial charge in [0.05, 0.1) is 0 Å². The van der Waals surface area contributed by atoms with E-state index in [4.69, 9.17) is 0 Å². The van der Waals surface area contributed by atoms with Crippen LogP contribution in [0.2, 0.25) is 0 Å². The minimum atomic E-state index is 0.166. The average Bonchev–Trinajstić information content (AvgIpc) is 2.77. The Bertz CT molecular complexity index is 405. The second-order valence-electron chi connectivity index (χ2n) is 4.68. The van der Waals surface area contributed by atoms with Gasteiger partial charge in [-0.1, -0.05) is 52.0 Å². The van der Waals surface area contributed by atoms with Crippen molar-refractivity contribution in [3.63, 3.8) is 0 Å². The minimum absolute atomic E-state index is 0.166. The lowest BCUT2D eigenvalue weighted by Gasteiger charge is -2.34. The fourth-order valence-corrected chi connectivity index (χ4v) is 3.04. The summed E-state index contributed by atoms with van der Waals surface area (Å²) in [7, 11) is 0. The van der Waals surface area contributed by atoms with Gasteiger partial charge in [-0.25, -0.2) is 0 Å². The molecule has 2 heteroatoms. The van der Waals surface area contributed by atoms with Gasteiger partial charge >= 0.3 is 0 Å². The molecule has 1 N–H and O–H groups in total. The molecular weight excluding hydrogens is 234 g/mol. The summed E-state index contributed by atoms with van der Waals surface area (Å²) in [6.45, 7) is 10.1. The zero-order chi connectivity index (χ0) is 14.3. The highest BCUT2D eigenvalue weighted by molar-refractivity contribution is 6.02. The summed E-state index contributed by atoms with van der Waals surface area (Å²) in [5, 5.41) is 3.37. The van der Waals surface area contributed by atoms with Gasteiger partial charge in [0.15, 0.2) is 5.78 Å². The fraction of sp³-hybridized carbons (Fsp3) is 0.588. The first-order valence-electron chi connectivity index (χ1n) is 7.65. The van der Waals surface area contributed by atoms with Crippen molar-refractivity contribution < 1.29 is 4.79 Å². The molecule has 106 valence electrons. The second kappa shape index (κ2) is 7.44. The van der Waals surface area contributed by atoms with Gasteiger partial charge in [0.25, 0.3) is 0 Å². The molecule has 0 unspecified atom stereocenters. The van der Waals surface area contributed by atoms with Crippen LogP contribution in [0.4, 0.5) is 0 Å². The Kier molecular flexibility index (Phi) is 6.23. The van der Waals surface area contributed by atoms with Crippen LogP contribution < -0.4 is 5.32 Å². The number of nitrogens with one attached hydrogen (secondary N) is 1. The molecule has 2 aliphatic rings. The van der Waals surface area contributed by atoms with E-state index in [0.29, 0.717) is 5.78 Å². The summed E-state index contributed by atoms with van der Waals surface area (Å²) in [5.74, 6) is 0.340. The van der Waals surface area contributed by atoms with Crippen LogP contribution >= 0.6 is 0 Å². The molecule has 3 rings (SSSR count). The third kappa shape index (κ3) is 3.06. The number of carbonyl (C=O) groups is 1. The van der Waals surface area contributed by atoms with Crippen LogP contribution in [-0.2, 0) is 5.41 Å². The van der Waals surface area contributed by atoms with Gasteiger partial charge < -0.3 is 5.32 Å². The van der Waals surface area contributed by atoms with Crippen LogP contribution in [0.1, 0.15) is 62.9 Å². The lowest BCUT2D eigenvalue weighted by molar-refractivity contribution is 0.0964. The lowest BCUT2D eigenvalue weighted by atomic mass is 9.74. The van der Waals surface area contributed by atoms with Crippen LogP contribution in [0.5, 0.6) is 0 Å². The molecule has 19 heavy (non-hydrogen) atoms. The molecule has 1 aromatic carbocycles. The number of fused-ring (bicyclic) bond motifs is 2. The van der Waals surface area contributed by atoms with Crippen LogP contribution in [0.15, 0.2) is 24.3 Å². The third-order valence-corrected chi connectivity index (χ3v) is 3.86. The smallest absolute Gasteiger partial charge is 0.164 e. The Labute approximate surface area is 117 Å². The summed E-state index contributed by atoms with van der Waals surface area (Å²) < 4.78 is 0. The number of hydrogen-bond donors (Lipinski definition) is 1. The number of benzene rings is 1. The normalized spacial score (nSPS) is 18.8. The molecule has 1 aliphatic carbocycles. The Morgan fingerprint density at radius 2 is 1.58 bits per heavy atom. The molecule has 1 fully saturated rings. The van der Waals surface area contributed by atoms with Crippen molar-refractivity contribution in [3.05, 3.63) is 35.4 Å². The van der Waals surface area contributed by atoms with E-state index in [2.05, 4.69) is 17.4 Å². The van der Waals surface area contributed by atoms with Gasteiger partial charge in [0, 0.05) is 17.4 Å². The van der Waals surface area contributed by atoms with E-state index in [9.17, 15) is 4.79 Å². The molecule has 0 amide bonds. The monoisotopic (exact) mass is 261 g/mol. The van der Waals surface area contributed by atoms with Crippen molar-refractivity contribution >= 4 is 5.78 Å². The summed E-state index contributed by atoms with van der Waals surface area (Å²) >= 11 is 0. The quantitative estimate of drug-likeness (QED) is 0.766. The predicted molar refractivity (Wildman–Crippen MR) is 81.9 cm³/mol. The first-order chi connectivity index (χ1) is 9.32. The molecule has 0 aromatic heterocycles. The van der Waals surface area contributed by atoms with Crippen LogP contribution in [-0.4, -0.2) is 18.9 Å². The summed E-state index contributed by atoms with van der Waals surface area (Å²) in [6.07, 6.45) is 2.94. The van der Waals surface area contributed by atoms with Gasteiger partial charge in [-0.3, -0.25) is 4.79 Å². The summed E-state index contributed by atoms with van der Waals surface area (Å²) in [5.41, 5.74) is 2.44. The largest absolute Gasteiger partial charge is 0.317 e. The van der Waals surface area contributed by atoms with Crippen molar-refractivity contribution in [3.8, 4) is 0 Å². The Balaban J connectivity index is 0.000000415. The molecule has 1 spiro atoms. The number of ketones is 1. The molecule has 2 nitrogen and oxygen atoms in total. The summed E-state index contributed by atoms with van der Waals surface area (Å²) in [6, 6.07) is 8.15. The first kappa shape index (κ1) is 15.9. The maximum atomic E-state index is 11.9. The van der Waals surface area contributed by atoms with Gasteiger partial charge in [0.1, 0.15) is 0 Å². The zero-order valence-corrected chi connectivity index (χ0v) is 12.8. The van der Waals surface area contributed by atoms with E-state index in [0.717, 1.165) is 37.9 Å². The fourth-order valence-electron chi connectivity index (χ4n) is 3.04. The van der Waals surface area contributed by atoms with E-state index in [1.165, 1.54) is 5.56 Å². The van der Waals surface area contributed by atoms with Crippen molar-refractivity contribution in [1.29, 1.82) is 0 Å². The second-order valence-corrected chi connectivity index (χ2v) is 4.68. The average molecular weight is 261 g/mol. The van der Waals surface area contributed by atoms with Gasteiger partial charge in [-0.05, 0) is 31.5 Å². The first-order valence-corrected chi connectivity index (χ1v) is 7.65. The van der Waals surface area contributed by atoms with Gasteiger partial charge in [0.2, 0.25) is 0 Å². The van der Waals surface area contributed by atoms with Crippen molar-refractivity contribution in [2.24, 2.45) is 0 Å². The van der Waals surface area contributed by atoms with E-state index in [1.807, 2.05) is 39.8 Å². The van der Waals surface area contributed by atoms with E-state index in [1.54, 1.807) is 0 Å². The van der Waals surface area contributed by atoms with E-state index in [-0.39, 0.29) is 5.41 Å². The molecule has 0 radical (unpaired) electrons. The van der Waals surface area contributed by atoms with Crippen molar-refractivity contribution in [2.45, 2.75) is 52.4 Å². The minimum Gasteiger partial charge on any atom is -0.317 e. The third-order valence-electron chi connectivity index (χ3n) is 3.86. The molecule has 1 aromatic rings. The van der Waals surface area contributed by atoms with Crippen molar-refractivity contribution in [2.75, 3.05) is 13.1 Å². The predicted octanol–water partition coefficient (Wildman–Crippen LogP) is 3.95. The Morgan fingerprint density at radius 3 is 2.21 bits per heavy atom. The van der Waals surface area contributed by atoms with Gasteiger partial charge in [-0.15, -0.1) is 0 Å². The van der Waals surface area contributed by atoms with Crippen LogP contribution in [0.3, 0.4) is 0 Å². The molecule has 1 aliphatic heterocycles. The highest BCUT2D eigenvalue weighted by Crippen LogP contribution is 2.44. The lowest BCUT2D eigenvalue weighted by Crippen LogP contribution is -2.38. The molecule has 0 saturated carbocycles. The topological polar surface area (TPSA) is 29.1 Å². The number of hydrogen-bond acceptors (Lipinski definition) is 2. The number of Topliss-reactive ketones (excluding diaryl/α,β-unsaturated/α-hetero) is 1. The van der Waals surface area contributed by atoms with E-state index >= 15 is 0 Å². The molecule has 0 bridgehead atoms. The highest BCUT2D eigenvalue weighted by atomic mass is 16.1. The van der Waals surface area contributed by atoms with Crippen molar-refractivity contribution in [1.82, 2.24) is 5.32 Å². The number of piperidine rings is 1. The molecule has 1 saturated heterocycles. The Morgan fingerprint density at radius 1 is 1.00 bits per heavy atom.